The molecule has 1 N–H and O–H groups in total. The standard InChI is InChI=1S/C10H18O3/c1-3-9(2)13-8-6-4-5-7-10(11)12/h3H,4-8H2,1-2H3,(H,11,12). The molecule has 0 atom stereocenters. The lowest BCUT2D eigenvalue weighted by Crippen LogP contribution is -1.96. The van der Waals surface area contributed by atoms with Gasteiger partial charge in [0, 0.05) is 6.42 Å². The molecule has 0 fully saturated rings. The van der Waals surface area contributed by atoms with E-state index < -0.39 is 5.97 Å². The molecule has 13 heavy (non-hydrogen) atoms. The molecular weight excluding hydrogens is 168 g/mol. The molecule has 0 radical (unpaired) electrons. The molecule has 0 amide bonds. The first-order valence-electron chi connectivity index (χ1n) is 4.64. The van der Waals surface area contributed by atoms with E-state index in [1.165, 1.54) is 0 Å². The molecule has 3 nitrogen and oxygen atoms in total. The second-order valence-corrected chi connectivity index (χ2v) is 2.95. The summed E-state index contributed by atoms with van der Waals surface area (Å²) in [5.74, 6) is 0.212. The third-order valence-electron chi connectivity index (χ3n) is 1.77. The van der Waals surface area contributed by atoms with E-state index in [0.29, 0.717) is 6.61 Å². The van der Waals surface area contributed by atoms with Crippen LogP contribution in [0.4, 0.5) is 0 Å². The summed E-state index contributed by atoms with van der Waals surface area (Å²) < 4.78 is 5.31. The van der Waals surface area contributed by atoms with Gasteiger partial charge in [0.15, 0.2) is 0 Å². The first-order valence-corrected chi connectivity index (χ1v) is 4.64. The van der Waals surface area contributed by atoms with Crippen molar-refractivity contribution in [1.29, 1.82) is 0 Å². The molecule has 0 unspecified atom stereocenters. The van der Waals surface area contributed by atoms with Gasteiger partial charge in [-0.25, -0.2) is 0 Å². The fourth-order valence-electron chi connectivity index (χ4n) is 0.872. The maximum absolute atomic E-state index is 10.1. The zero-order valence-corrected chi connectivity index (χ0v) is 8.38. The Morgan fingerprint density at radius 3 is 2.62 bits per heavy atom. The van der Waals surface area contributed by atoms with Gasteiger partial charge in [-0.2, -0.15) is 0 Å². The van der Waals surface area contributed by atoms with Crippen LogP contribution in [0, 0.1) is 0 Å². The predicted molar refractivity (Wildman–Crippen MR) is 51.5 cm³/mol. The fraction of sp³-hybridized carbons (Fsp3) is 0.700. The number of hydrogen-bond acceptors (Lipinski definition) is 2. The van der Waals surface area contributed by atoms with Crippen molar-refractivity contribution >= 4 is 5.97 Å². The summed E-state index contributed by atoms with van der Waals surface area (Å²) in [6, 6.07) is 0. The summed E-state index contributed by atoms with van der Waals surface area (Å²) in [4.78, 5) is 10.1. The van der Waals surface area contributed by atoms with E-state index in [9.17, 15) is 4.79 Å². The lowest BCUT2D eigenvalue weighted by atomic mass is 10.2. The van der Waals surface area contributed by atoms with Crippen LogP contribution in [-0.2, 0) is 9.53 Å². The lowest BCUT2D eigenvalue weighted by molar-refractivity contribution is -0.137. The summed E-state index contributed by atoms with van der Waals surface area (Å²) in [5.41, 5.74) is 0. The normalized spacial score (nSPS) is 11.4. The first kappa shape index (κ1) is 12.0. The molecule has 3 heteroatoms. The van der Waals surface area contributed by atoms with Gasteiger partial charge < -0.3 is 9.84 Å². The van der Waals surface area contributed by atoms with Crippen LogP contribution in [0.5, 0.6) is 0 Å². The Labute approximate surface area is 79.4 Å². The number of aliphatic carboxylic acids is 1. The maximum atomic E-state index is 10.1. The van der Waals surface area contributed by atoms with Gasteiger partial charge in [-0.3, -0.25) is 4.79 Å². The highest BCUT2D eigenvalue weighted by Crippen LogP contribution is 2.02. The van der Waals surface area contributed by atoms with Crippen LogP contribution < -0.4 is 0 Å². The van der Waals surface area contributed by atoms with E-state index >= 15 is 0 Å². The quantitative estimate of drug-likeness (QED) is 0.491. The molecule has 0 bridgehead atoms. The van der Waals surface area contributed by atoms with Crippen LogP contribution in [0.15, 0.2) is 11.8 Å². The van der Waals surface area contributed by atoms with Gasteiger partial charge in [-0.05, 0) is 33.1 Å². The highest BCUT2D eigenvalue weighted by Gasteiger charge is 1.96. The van der Waals surface area contributed by atoms with Crippen molar-refractivity contribution < 1.29 is 14.6 Å². The topological polar surface area (TPSA) is 46.5 Å². The molecule has 0 saturated carbocycles. The van der Waals surface area contributed by atoms with Crippen LogP contribution in [-0.4, -0.2) is 17.7 Å². The van der Waals surface area contributed by atoms with Crippen molar-refractivity contribution in [2.45, 2.75) is 39.5 Å². The Hall–Kier alpha value is -0.990. The number of hydrogen-bond donors (Lipinski definition) is 1. The molecule has 0 aromatic rings. The van der Waals surface area contributed by atoms with Gasteiger partial charge in [0.05, 0.1) is 12.4 Å². The molecule has 0 aliphatic carbocycles. The molecule has 0 spiro atoms. The minimum atomic E-state index is -0.717. The van der Waals surface area contributed by atoms with Gasteiger partial charge >= 0.3 is 5.97 Å². The van der Waals surface area contributed by atoms with Crippen molar-refractivity contribution in [2.24, 2.45) is 0 Å². The number of ether oxygens (including phenoxy) is 1. The molecule has 0 rings (SSSR count). The molecule has 0 saturated heterocycles. The largest absolute Gasteiger partial charge is 0.499 e. The Balaban J connectivity index is 3.13. The van der Waals surface area contributed by atoms with E-state index in [1.807, 2.05) is 19.9 Å². The Kier molecular flexibility index (Phi) is 7.07. The van der Waals surface area contributed by atoms with Gasteiger partial charge in [0.25, 0.3) is 0 Å². The summed E-state index contributed by atoms with van der Waals surface area (Å²) in [6.07, 6.45) is 4.77. The van der Waals surface area contributed by atoms with Crippen molar-refractivity contribution in [2.75, 3.05) is 6.61 Å². The van der Waals surface area contributed by atoms with E-state index in [4.69, 9.17) is 9.84 Å². The number of carboxylic acid groups (broad SMARTS) is 1. The Bertz CT molecular complexity index is 173. The van der Waals surface area contributed by atoms with Crippen molar-refractivity contribution in [1.82, 2.24) is 0 Å². The zero-order valence-electron chi connectivity index (χ0n) is 8.38. The smallest absolute Gasteiger partial charge is 0.303 e. The average Bonchev–Trinajstić information content (AvgIpc) is 2.10. The molecular formula is C10H18O3. The first-order chi connectivity index (χ1) is 6.16. The monoisotopic (exact) mass is 186 g/mol. The van der Waals surface area contributed by atoms with Crippen LogP contribution >= 0.6 is 0 Å². The van der Waals surface area contributed by atoms with Crippen LogP contribution in [0.25, 0.3) is 0 Å². The highest BCUT2D eigenvalue weighted by molar-refractivity contribution is 5.66. The van der Waals surface area contributed by atoms with Crippen LogP contribution in [0.3, 0.4) is 0 Å². The molecule has 76 valence electrons. The van der Waals surface area contributed by atoms with Crippen molar-refractivity contribution in [3.05, 3.63) is 11.8 Å². The van der Waals surface area contributed by atoms with Gasteiger partial charge in [0.1, 0.15) is 0 Å². The van der Waals surface area contributed by atoms with Gasteiger partial charge in [-0.1, -0.05) is 6.08 Å². The third kappa shape index (κ3) is 8.92. The lowest BCUT2D eigenvalue weighted by Gasteiger charge is -2.04. The summed E-state index contributed by atoms with van der Waals surface area (Å²) in [5, 5.41) is 8.36. The summed E-state index contributed by atoms with van der Waals surface area (Å²) in [7, 11) is 0. The molecule has 0 aliphatic rings. The molecule has 0 aromatic carbocycles. The molecule has 0 aromatic heterocycles. The van der Waals surface area contributed by atoms with Gasteiger partial charge in [0.2, 0.25) is 0 Å². The van der Waals surface area contributed by atoms with E-state index in [-0.39, 0.29) is 6.42 Å². The number of rotatable bonds is 7. The van der Waals surface area contributed by atoms with Crippen LogP contribution in [0.1, 0.15) is 39.5 Å². The van der Waals surface area contributed by atoms with E-state index in [0.717, 1.165) is 25.0 Å². The highest BCUT2D eigenvalue weighted by atomic mass is 16.5. The zero-order chi connectivity index (χ0) is 10.1. The van der Waals surface area contributed by atoms with E-state index in [1.54, 1.807) is 0 Å². The Morgan fingerprint density at radius 1 is 1.38 bits per heavy atom. The fourth-order valence-corrected chi connectivity index (χ4v) is 0.872. The summed E-state index contributed by atoms with van der Waals surface area (Å²) in [6.45, 7) is 4.53. The molecule has 0 heterocycles. The SMILES string of the molecule is CC=C(C)OCCCCCC(=O)O. The molecule has 0 aliphatic heterocycles. The van der Waals surface area contributed by atoms with Crippen molar-refractivity contribution in [3.8, 4) is 0 Å². The minimum absolute atomic E-state index is 0.266. The average molecular weight is 186 g/mol. The number of unbranched alkanes of at least 4 members (excludes halogenated alkanes) is 2. The maximum Gasteiger partial charge on any atom is 0.303 e. The number of carboxylic acids is 1. The minimum Gasteiger partial charge on any atom is -0.499 e. The second kappa shape index (κ2) is 7.65. The number of carbonyl (C=O) groups is 1. The summed E-state index contributed by atoms with van der Waals surface area (Å²) >= 11 is 0. The predicted octanol–water partition coefficient (Wildman–Crippen LogP) is 2.57. The number of allylic oxidation sites excluding steroid dienone is 2. The Morgan fingerprint density at radius 2 is 2.08 bits per heavy atom. The third-order valence-corrected chi connectivity index (χ3v) is 1.77. The second-order valence-electron chi connectivity index (χ2n) is 2.95. The van der Waals surface area contributed by atoms with E-state index in [2.05, 4.69) is 0 Å². The van der Waals surface area contributed by atoms with Crippen LogP contribution in [0.2, 0.25) is 0 Å². The van der Waals surface area contributed by atoms with Crippen molar-refractivity contribution in [3.63, 3.8) is 0 Å². The van der Waals surface area contributed by atoms with Gasteiger partial charge in [-0.15, -0.1) is 0 Å².